The maximum Gasteiger partial charge on any atom is 0.332 e. The van der Waals surface area contributed by atoms with E-state index in [-0.39, 0.29) is 33.3 Å². The second-order valence-corrected chi connectivity index (χ2v) is 12.4. The lowest BCUT2D eigenvalue weighted by molar-refractivity contribution is -0.151. The molecule has 3 aliphatic rings. The topological polar surface area (TPSA) is 109 Å². The first-order valence-corrected chi connectivity index (χ1v) is 15.0. The summed E-state index contributed by atoms with van der Waals surface area (Å²) in [6.45, 7) is 1.44. The smallest absolute Gasteiger partial charge is 0.332 e. The van der Waals surface area contributed by atoms with Gasteiger partial charge in [0, 0.05) is 42.7 Å². The summed E-state index contributed by atoms with van der Waals surface area (Å²) in [5, 5.41) is 10.1. The van der Waals surface area contributed by atoms with Crippen molar-refractivity contribution in [1.29, 1.82) is 0 Å². The number of nitrogens with zero attached hydrogens (tertiary/aromatic N) is 1. The molecule has 1 spiro atoms. The maximum absolute atomic E-state index is 13.7. The maximum atomic E-state index is 13.7. The van der Waals surface area contributed by atoms with Crippen molar-refractivity contribution >= 4 is 62.5 Å². The molecule has 2 aliphatic carbocycles. The van der Waals surface area contributed by atoms with Crippen LogP contribution in [0.25, 0.3) is 0 Å². The number of Topliss-reactive ketones (excluding diaryl/α,β-unsaturated/α-hetero) is 1. The molecule has 8 nitrogen and oxygen atoms in total. The molecular formula is C29H31BrCl2N4O4. The number of carbonyl (C=O) groups is 3. The van der Waals surface area contributed by atoms with Gasteiger partial charge in [-0.3, -0.25) is 14.6 Å². The number of rotatable bonds is 8. The number of carbonyl (C=O) groups excluding carboxylic acids is 3. The van der Waals surface area contributed by atoms with Crippen molar-refractivity contribution in [3.05, 3.63) is 68.0 Å². The Morgan fingerprint density at radius 2 is 1.82 bits per heavy atom. The third-order valence-corrected chi connectivity index (χ3v) is 9.80. The number of methoxy groups -OCH3 is 1. The van der Waals surface area contributed by atoms with Crippen molar-refractivity contribution in [2.75, 3.05) is 25.5 Å². The highest BCUT2D eigenvalue weighted by molar-refractivity contribution is 9.12. The van der Waals surface area contributed by atoms with E-state index in [9.17, 15) is 14.4 Å². The average molecular weight is 650 g/mol. The number of esters is 1. The van der Waals surface area contributed by atoms with Crippen molar-refractivity contribution < 1.29 is 19.1 Å². The van der Waals surface area contributed by atoms with E-state index in [0.29, 0.717) is 23.1 Å². The van der Waals surface area contributed by atoms with Crippen LogP contribution in [0.15, 0.2) is 46.8 Å². The van der Waals surface area contributed by atoms with Crippen LogP contribution in [-0.4, -0.2) is 48.4 Å². The summed E-state index contributed by atoms with van der Waals surface area (Å²) in [5.74, 6) is -0.748. The first-order valence-electron chi connectivity index (χ1n) is 13.4. The molecule has 1 saturated carbocycles. The van der Waals surface area contributed by atoms with Gasteiger partial charge >= 0.3 is 5.97 Å². The Hall–Kier alpha value is -2.46. The number of allylic oxidation sites excluding steroid dienone is 2. The standard InChI is InChI=1S/C29H31BrCl2N4O4/c1-40-27(39)29(18-9-12-33-14-18,36-24-23(30)25(37)28(24)10-3-2-4-11-28)13-17-5-7-19(8-6-17)35-26(38)22-20(31)15-34-16-21(22)32/h5-8,15-16,18,33,36H,2-4,9-14H2,1H3,(H,35,38)/t18?,29-/m0/s1. The number of hydrogen-bond acceptors (Lipinski definition) is 7. The van der Waals surface area contributed by atoms with Gasteiger partial charge in [0.05, 0.1) is 32.6 Å². The number of hydrogen-bond donors (Lipinski definition) is 3. The Morgan fingerprint density at radius 1 is 1.15 bits per heavy atom. The van der Waals surface area contributed by atoms with E-state index in [1.54, 1.807) is 12.1 Å². The molecule has 5 rings (SSSR count). The van der Waals surface area contributed by atoms with Crippen molar-refractivity contribution in [2.45, 2.75) is 50.5 Å². The molecule has 1 unspecified atom stereocenters. The molecule has 1 aromatic carbocycles. The molecule has 2 atom stereocenters. The zero-order chi connectivity index (χ0) is 28.5. The fourth-order valence-electron chi connectivity index (χ4n) is 6.30. The molecule has 0 bridgehead atoms. The SMILES string of the molecule is COC(=O)[C@@](Cc1ccc(NC(=O)c2c(Cl)cncc2Cl)cc1)(NC1=C(Br)C(=O)C12CCCCC2)C1CCNC1. The second-order valence-electron chi connectivity index (χ2n) is 10.7. The minimum Gasteiger partial charge on any atom is -0.467 e. The van der Waals surface area contributed by atoms with Gasteiger partial charge in [0.15, 0.2) is 5.78 Å². The predicted molar refractivity (Wildman–Crippen MR) is 158 cm³/mol. The molecule has 1 saturated heterocycles. The highest BCUT2D eigenvalue weighted by Gasteiger charge is 2.58. The Kier molecular flexibility index (Phi) is 8.57. The van der Waals surface area contributed by atoms with Gasteiger partial charge in [-0.25, -0.2) is 4.79 Å². The Morgan fingerprint density at radius 3 is 2.42 bits per heavy atom. The molecule has 0 radical (unpaired) electrons. The zero-order valence-corrected chi connectivity index (χ0v) is 25.2. The van der Waals surface area contributed by atoms with Gasteiger partial charge in [-0.05, 0) is 59.4 Å². The predicted octanol–water partition coefficient (Wildman–Crippen LogP) is 5.43. The number of amides is 1. The quantitative estimate of drug-likeness (QED) is 0.327. The molecule has 1 amide bonds. The number of pyridine rings is 1. The summed E-state index contributed by atoms with van der Waals surface area (Å²) in [6.07, 6.45) is 8.50. The number of aromatic nitrogens is 1. The van der Waals surface area contributed by atoms with Crippen LogP contribution >= 0.6 is 39.1 Å². The summed E-state index contributed by atoms with van der Waals surface area (Å²) in [7, 11) is 1.40. The molecule has 1 aromatic heterocycles. The number of halogens is 3. The Labute approximate surface area is 251 Å². The van der Waals surface area contributed by atoms with Crippen molar-refractivity contribution in [3.63, 3.8) is 0 Å². The molecule has 212 valence electrons. The number of ketones is 1. The normalized spacial score (nSPS) is 21.5. The van der Waals surface area contributed by atoms with Crippen LogP contribution in [0, 0.1) is 11.3 Å². The lowest BCUT2D eigenvalue weighted by atomic mass is 9.61. The van der Waals surface area contributed by atoms with Crippen molar-refractivity contribution in [3.8, 4) is 0 Å². The van der Waals surface area contributed by atoms with E-state index in [2.05, 4.69) is 36.9 Å². The van der Waals surface area contributed by atoms with Crippen LogP contribution in [0.3, 0.4) is 0 Å². The van der Waals surface area contributed by atoms with Gasteiger partial charge in [0.2, 0.25) is 0 Å². The monoisotopic (exact) mass is 648 g/mol. The highest BCUT2D eigenvalue weighted by Crippen LogP contribution is 2.54. The van der Waals surface area contributed by atoms with Gasteiger partial charge in [-0.2, -0.15) is 0 Å². The number of ether oxygens (including phenoxy) is 1. The van der Waals surface area contributed by atoms with Gasteiger partial charge < -0.3 is 20.7 Å². The molecule has 11 heteroatoms. The molecule has 40 heavy (non-hydrogen) atoms. The Bertz CT molecular complexity index is 1330. The summed E-state index contributed by atoms with van der Waals surface area (Å²) < 4.78 is 5.94. The number of benzene rings is 1. The zero-order valence-electron chi connectivity index (χ0n) is 22.1. The molecule has 3 N–H and O–H groups in total. The third kappa shape index (κ3) is 5.17. The number of nitrogens with one attached hydrogen (secondary N) is 3. The first-order chi connectivity index (χ1) is 19.2. The van der Waals surface area contributed by atoms with Crippen molar-refractivity contribution in [2.24, 2.45) is 11.3 Å². The first kappa shape index (κ1) is 29.0. The molecule has 1 aliphatic heterocycles. The van der Waals surface area contributed by atoms with Crippen molar-refractivity contribution in [1.82, 2.24) is 15.6 Å². The van der Waals surface area contributed by atoms with E-state index < -0.39 is 16.9 Å². The third-order valence-electron chi connectivity index (χ3n) is 8.47. The molecule has 2 heterocycles. The lowest BCUT2D eigenvalue weighted by Crippen LogP contribution is -2.64. The minimum absolute atomic E-state index is 0.0561. The van der Waals surface area contributed by atoms with E-state index in [4.69, 9.17) is 27.9 Å². The summed E-state index contributed by atoms with van der Waals surface area (Å²) >= 11 is 15.8. The van der Waals surface area contributed by atoms with Crippen LogP contribution in [0.5, 0.6) is 0 Å². The minimum atomic E-state index is -1.08. The van der Waals surface area contributed by atoms with E-state index in [0.717, 1.165) is 56.3 Å². The van der Waals surface area contributed by atoms with Gasteiger partial charge in [0.1, 0.15) is 5.54 Å². The number of anilines is 1. The van der Waals surface area contributed by atoms with Crippen LogP contribution in [-0.2, 0) is 20.7 Å². The van der Waals surface area contributed by atoms with Gasteiger partial charge in [0.25, 0.3) is 5.91 Å². The molecule has 2 fully saturated rings. The largest absolute Gasteiger partial charge is 0.467 e. The van der Waals surface area contributed by atoms with Crippen LogP contribution in [0.2, 0.25) is 10.0 Å². The van der Waals surface area contributed by atoms with Crippen LogP contribution in [0.4, 0.5) is 5.69 Å². The Balaban J connectivity index is 1.43. The van der Waals surface area contributed by atoms with E-state index in [1.807, 2.05) is 12.1 Å². The summed E-state index contributed by atoms with van der Waals surface area (Å²) in [5.41, 5.74) is 0.753. The summed E-state index contributed by atoms with van der Waals surface area (Å²) in [4.78, 5) is 43.5. The van der Waals surface area contributed by atoms with Crippen LogP contribution < -0.4 is 16.0 Å². The average Bonchev–Trinajstić information content (AvgIpc) is 3.51. The van der Waals surface area contributed by atoms with Gasteiger partial charge in [-0.1, -0.05) is 54.6 Å². The van der Waals surface area contributed by atoms with Gasteiger partial charge in [-0.15, -0.1) is 0 Å². The fourth-order valence-corrected chi connectivity index (χ4v) is 7.70. The van der Waals surface area contributed by atoms with Crippen LogP contribution in [0.1, 0.15) is 54.4 Å². The fraction of sp³-hybridized carbons (Fsp3) is 0.448. The highest BCUT2D eigenvalue weighted by atomic mass is 79.9. The van der Waals surface area contributed by atoms with E-state index >= 15 is 0 Å². The molecular weight excluding hydrogens is 619 g/mol. The lowest BCUT2D eigenvalue weighted by Gasteiger charge is -2.50. The summed E-state index contributed by atoms with van der Waals surface area (Å²) in [6, 6.07) is 7.30. The second kappa shape index (κ2) is 11.8. The van der Waals surface area contributed by atoms with E-state index in [1.165, 1.54) is 19.5 Å². The molecule has 2 aromatic rings.